The van der Waals surface area contributed by atoms with Gasteiger partial charge in [-0.25, -0.2) is 0 Å². The number of nitrogens with one attached hydrogen (secondary N) is 1. The zero-order valence-corrected chi connectivity index (χ0v) is 10.7. The van der Waals surface area contributed by atoms with E-state index in [1.165, 1.54) is 5.56 Å². The maximum absolute atomic E-state index is 5.11. The van der Waals surface area contributed by atoms with Crippen molar-refractivity contribution in [3.63, 3.8) is 0 Å². The lowest BCUT2D eigenvalue weighted by Crippen LogP contribution is -1.97. The summed E-state index contributed by atoms with van der Waals surface area (Å²) in [6, 6.07) is 8.13. The van der Waals surface area contributed by atoms with Crippen molar-refractivity contribution >= 4 is 18.4 Å². The highest BCUT2D eigenvalue weighted by Gasteiger charge is 2.00. The fourth-order valence-electron chi connectivity index (χ4n) is 1.55. The van der Waals surface area contributed by atoms with Crippen molar-refractivity contribution in [3.05, 3.63) is 46.0 Å². The molecule has 0 aliphatic rings. The quantitative estimate of drug-likeness (QED) is 0.668. The van der Waals surface area contributed by atoms with Gasteiger partial charge in [-0.1, -0.05) is 36.8 Å². The lowest BCUT2D eigenvalue weighted by atomic mass is 10.2. The molecule has 0 radical (unpaired) electrons. The molecule has 0 aliphatic carbocycles. The molecule has 0 amide bonds. The van der Waals surface area contributed by atoms with Crippen LogP contribution in [-0.2, 0) is 6.42 Å². The Hall–Kier alpha value is -1.75. The smallest absolute Gasteiger partial charge is 0.216 e. The largest absolute Gasteiger partial charge is 0.250 e. The minimum Gasteiger partial charge on any atom is -0.250 e. The molecule has 2 aromatic rings. The Morgan fingerprint density at radius 3 is 3.06 bits per heavy atom. The van der Waals surface area contributed by atoms with Crippen molar-refractivity contribution in [3.8, 4) is 0 Å². The summed E-state index contributed by atoms with van der Waals surface area (Å²) in [6.07, 6.45) is 2.58. The molecule has 17 heavy (non-hydrogen) atoms. The van der Waals surface area contributed by atoms with Crippen LogP contribution in [-0.4, -0.2) is 21.1 Å². The third-order valence-electron chi connectivity index (χ3n) is 2.40. The first-order valence-electron chi connectivity index (χ1n) is 5.48. The van der Waals surface area contributed by atoms with Gasteiger partial charge in [0.2, 0.25) is 4.77 Å². The third-order valence-corrected chi connectivity index (χ3v) is 2.66. The Bertz CT molecular complexity index is 595. The van der Waals surface area contributed by atoms with Crippen LogP contribution in [0.2, 0.25) is 0 Å². The summed E-state index contributed by atoms with van der Waals surface area (Å²) < 4.78 is 2.17. The van der Waals surface area contributed by atoms with Gasteiger partial charge >= 0.3 is 0 Å². The highest BCUT2D eigenvalue weighted by atomic mass is 32.1. The number of H-pyrrole nitrogens is 1. The van der Waals surface area contributed by atoms with E-state index in [-0.39, 0.29) is 0 Å². The van der Waals surface area contributed by atoms with Gasteiger partial charge in [0, 0.05) is 6.42 Å². The van der Waals surface area contributed by atoms with Gasteiger partial charge in [-0.05, 0) is 24.7 Å². The van der Waals surface area contributed by atoms with Crippen molar-refractivity contribution in [1.82, 2.24) is 14.9 Å². The van der Waals surface area contributed by atoms with E-state index >= 15 is 0 Å². The van der Waals surface area contributed by atoms with Gasteiger partial charge in [0.25, 0.3) is 0 Å². The minimum absolute atomic E-state index is 0.519. The molecule has 2 rings (SSSR count). The number of aryl methyl sites for hydroxylation is 2. The Kier molecular flexibility index (Phi) is 3.49. The first kappa shape index (κ1) is 11.7. The predicted molar refractivity (Wildman–Crippen MR) is 71.0 cm³/mol. The first-order valence-corrected chi connectivity index (χ1v) is 5.89. The Balaban J connectivity index is 2.32. The van der Waals surface area contributed by atoms with E-state index in [0.717, 1.165) is 17.8 Å². The van der Waals surface area contributed by atoms with Gasteiger partial charge in [-0.3, -0.25) is 5.10 Å². The van der Waals surface area contributed by atoms with E-state index in [2.05, 4.69) is 34.4 Å². The minimum atomic E-state index is 0.519. The van der Waals surface area contributed by atoms with E-state index in [0.29, 0.717) is 4.77 Å². The third kappa shape index (κ3) is 2.68. The summed E-state index contributed by atoms with van der Waals surface area (Å²) in [5.74, 6) is 0.832. The second-order valence-electron chi connectivity index (χ2n) is 3.77. The molecule has 0 saturated heterocycles. The second-order valence-corrected chi connectivity index (χ2v) is 4.16. The Morgan fingerprint density at radius 2 is 2.35 bits per heavy atom. The average Bonchev–Trinajstić information content (AvgIpc) is 2.67. The molecule has 0 bridgehead atoms. The maximum Gasteiger partial charge on any atom is 0.216 e. The van der Waals surface area contributed by atoms with Crippen molar-refractivity contribution in [2.75, 3.05) is 0 Å². The van der Waals surface area contributed by atoms with Gasteiger partial charge in [0.15, 0.2) is 5.82 Å². The number of rotatable bonds is 3. The molecule has 4 nitrogen and oxygen atoms in total. The summed E-state index contributed by atoms with van der Waals surface area (Å²) >= 11 is 5.11. The van der Waals surface area contributed by atoms with Crippen molar-refractivity contribution in [2.45, 2.75) is 20.3 Å². The summed E-state index contributed by atoms with van der Waals surface area (Å²) in [4.78, 5) is 0. The lowest BCUT2D eigenvalue weighted by molar-refractivity contribution is 0.780. The first-order chi connectivity index (χ1) is 8.20. The van der Waals surface area contributed by atoms with E-state index in [1.54, 1.807) is 10.9 Å². The van der Waals surface area contributed by atoms with E-state index in [9.17, 15) is 0 Å². The van der Waals surface area contributed by atoms with E-state index in [4.69, 9.17) is 12.2 Å². The van der Waals surface area contributed by atoms with Gasteiger partial charge in [0.1, 0.15) is 0 Å². The lowest BCUT2D eigenvalue weighted by Gasteiger charge is -1.97. The second kappa shape index (κ2) is 5.05. The van der Waals surface area contributed by atoms with Gasteiger partial charge < -0.3 is 0 Å². The number of aromatic nitrogens is 3. The molecule has 1 aromatic heterocycles. The Labute approximate surface area is 105 Å². The van der Waals surface area contributed by atoms with Crippen LogP contribution in [0, 0.1) is 11.7 Å². The fraction of sp³-hybridized carbons (Fsp3) is 0.250. The molecule has 0 fully saturated rings. The van der Waals surface area contributed by atoms with Crippen LogP contribution in [0.25, 0.3) is 0 Å². The van der Waals surface area contributed by atoms with Crippen LogP contribution in [0.4, 0.5) is 0 Å². The van der Waals surface area contributed by atoms with Gasteiger partial charge in [-0.2, -0.15) is 14.9 Å². The van der Waals surface area contributed by atoms with Crippen LogP contribution < -0.4 is 0 Å². The van der Waals surface area contributed by atoms with Crippen molar-refractivity contribution in [2.24, 2.45) is 5.10 Å². The molecular formula is C12H14N4S. The number of hydrogen-bond acceptors (Lipinski definition) is 3. The van der Waals surface area contributed by atoms with Gasteiger partial charge in [-0.15, -0.1) is 0 Å². The molecule has 88 valence electrons. The molecule has 0 unspecified atom stereocenters. The molecule has 0 saturated carbocycles. The van der Waals surface area contributed by atoms with Gasteiger partial charge in [0.05, 0.1) is 6.21 Å². The molecule has 1 heterocycles. The molecule has 1 N–H and O–H groups in total. The predicted octanol–water partition coefficient (Wildman–Crippen LogP) is 2.69. The number of benzene rings is 1. The maximum atomic E-state index is 5.11. The van der Waals surface area contributed by atoms with Crippen LogP contribution in [0.1, 0.15) is 23.9 Å². The standard InChI is InChI=1S/C12H14N4S/c1-3-11-14-15-12(17)16(11)13-8-10-6-4-5-9(2)7-10/h4-8H,3H2,1-2H3,(H,15,17)/b13-8+. The van der Waals surface area contributed by atoms with Crippen LogP contribution >= 0.6 is 12.2 Å². The summed E-state index contributed by atoms with van der Waals surface area (Å²) in [7, 11) is 0. The molecule has 1 aromatic carbocycles. The molecule has 5 heteroatoms. The topological polar surface area (TPSA) is 46.0 Å². The average molecular weight is 246 g/mol. The van der Waals surface area contributed by atoms with Crippen LogP contribution in [0.3, 0.4) is 0 Å². The molecule has 0 atom stereocenters. The monoisotopic (exact) mass is 246 g/mol. The normalized spacial score (nSPS) is 11.2. The van der Waals surface area contributed by atoms with E-state index < -0.39 is 0 Å². The highest BCUT2D eigenvalue weighted by molar-refractivity contribution is 7.71. The zero-order valence-electron chi connectivity index (χ0n) is 9.84. The Morgan fingerprint density at radius 1 is 1.53 bits per heavy atom. The van der Waals surface area contributed by atoms with E-state index in [1.807, 2.05) is 19.1 Å². The van der Waals surface area contributed by atoms with Crippen molar-refractivity contribution in [1.29, 1.82) is 0 Å². The SMILES string of the molecule is CCc1n[nH]c(=S)n1/N=C/c1cccc(C)c1. The van der Waals surface area contributed by atoms with Crippen molar-refractivity contribution < 1.29 is 0 Å². The molecule has 0 spiro atoms. The molecule has 0 aliphatic heterocycles. The summed E-state index contributed by atoms with van der Waals surface area (Å²) in [5, 5.41) is 11.2. The number of nitrogens with zero attached hydrogens (tertiary/aromatic N) is 3. The highest BCUT2D eigenvalue weighted by Crippen LogP contribution is 2.03. The number of hydrogen-bond donors (Lipinski definition) is 1. The van der Waals surface area contributed by atoms with Crippen LogP contribution in [0.15, 0.2) is 29.4 Å². The summed E-state index contributed by atoms with van der Waals surface area (Å²) in [6.45, 7) is 4.07. The summed E-state index contributed by atoms with van der Waals surface area (Å²) in [5.41, 5.74) is 2.26. The van der Waals surface area contributed by atoms with Crippen LogP contribution in [0.5, 0.6) is 0 Å². The zero-order chi connectivity index (χ0) is 12.3. The molecular weight excluding hydrogens is 232 g/mol. The fourth-order valence-corrected chi connectivity index (χ4v) is 1.75. The number of aromatic amines is 1.